The molecule has 1 aromatic rings. The van der Waals surface area contributed by atoms with Gasteiger partial charge in [-0.2, -0.15) is 0 Å². The van der Waals surface area contributed by atoms with Gasteiger partial charge in [0.25, 0.3) is 0 Å². The van der Waals surface area contributed by atoms with Gasteiger partial charge in [0, 0.05) is 38.1 Å². The van der Waals surface area contributed by atoms with Crippen molar-refractivity contribution in [3.63, 3.8) is 0 Å². The third-order valence-electron chi connectivity index (χ3n) is 4.37. The Balaban J connectivity index is 1.56. The summed E-state index contributed by atoms with van der Waals surface area (Å²) >= 11 is 3.63. The molecule has 0 aromatic heterocycles. The van der Waals surface area contributed by atoms with Gasteiger partial charge < -0.3 is 4.90 Å². The highest BCUT2D eigenvalue weighted by Gasteiger charge is 2.43. The minimum absolute atomic E-state index is 0.102. The average molecular weight is 327 g/mol. The van der Waals surface area contributed by atoms with Crippen molar-refractivity contribution in [3.8, 4) is 0 Å². The number of benzene rings is 1. The van der Waals surface area contributed by atoms with E-state index in [4.69, 9.17) is 0 Å². The average Bonchev–Trinajstić information content (AvgIpc) is 3.21. The molecule has 0 spiro atoms. The minimum Gasteiger partial charge on any atom is -0.367 e. The number of alkyl halides is 1. The highest BCUT2D eigenvalue weighted by molar-refractivity contribution is 9.09. The zero-order valence-electron chi connectivity index (χ0n) is 11.1. The maximum absolute atomic E-state index is 13.7. The molecule has 4 heteroatoms. The van der Waals surface area contributed by atoms with Gasteiger partial charge in [0.05, 0.1) is 5.69 Å². The van der Waals surface area contributed by atoms with Crippen molar-refractivity contribution in [2.45, 2.75) is 12.8 Å². The third-order valence-corrected chi connectivity index (χ3v) is 5.55. The van der Waals surface area contributed by atoms with Crippen LogP contribution in [0.1, 0.15) is 12.8 Å². The lowest BCUT2D eigenvalue weighted by molar-refractivity contribution is 0.218. The van der Waals surface area contributed by atoms with E-state index in [1.807, 2.05) is 12.1 Å². The van der Waals surface area contributed by atoms with E-state index in [-0.39, 0.29) is 5.82 Å². The Kier molecular flexibility index (Phi) is 3.81. The van der Waals surface area contributed by atoms with Crippen molar-refractivity contribution < 1.29 is 4.39 Å². The van der Waals surface area contributed by atoms with E-state index in [1.54, 1.807) is 12.1 Å². The molecule has 1 aliphatic carbocycles. The Morgan fingerprint density at radius 3 is 2.37 bits per heavy atom. The SMILES string of the molecule is Fc1ccccc1N1CCN(CC2(CBr)CC2)CC1. The molecule has 1 saturated carbocycles. The van der Waals surface area contributed by atoms with Crippen LogP contribution in [0.15, 0.2) is 24.3 Å². The van der Waals surface area contributed by atoms with Crippen LogP contribution < -0.4 is 4.90 Å². The Labute approximate surface area is 122 Å². The summed E-state index contributed by atoms with van der Waals surface area (Å²) in [4.78, 5) is 4.70. The van der Waals surface area contributed by atoms with Gasteiger partial charge in [0.1, 0.15) is 5.82 Å². The monoisotopic (exact) mass is 326 g/mol. The zero-order chi connectivity index (χ0) is 13.3. The van der Waals surface area contributed by atoms with E-state index in [9.17, 15) is 4.39 Å². The van der Waals surface area contributed by atoms with E-state index in [0.29, 0.717) is 5.41 Å². The Morgan fingerprint density at radius 2 is 1.79 bits per heavy atom. The maximum atomic E-state index is 13.7. The molecule has 0 amide bonds. The molecule has 2 aliphatic rings. The maximum Gasteiger partial charge on any atom is 0.146 e. The molecule has 1 aromatic carbocycles. The van der Waals surface area contributed by atoms with Gasteiger partial charge in [-0.3, -0.25) is 4.90 Å². The van der Waals surface area contributed by atoms with Crippen molar-refractivity contribution in [1.29, 1.82) is 0 Å². The van der Waals surface area contributed by atoms with Crippen LogP contribution in [0.4, 0.5) is 10.1 Å². The zero-order valence-corrected chi connectivity index (χ0v) is 12.7. The van der Waals surface area contributed by atoms with Gasteiger partial charge in [0.15, 0.2) is 0 Å². The summed E-state index contributed by atoms with van der Waals surface area (Å²) in [7, 11) is 0. The quantitative estimate of drug-likeness (QED) is 0.784. The number of hydrogen-bond donors (Lipinski definition) is 0. The largest absolute Gasteiger partial charge is 0.367 e. The van der Waals surface area contributed by atoms with Crippen LogP contribution in [0.2, 0.25) is 0 Å². The molecule has 104 valence electrons. The summed E-state index contributed by atoms with van der Waals surface area (Å²) in [5.41, 5.74) is 1.30. The molecule has 3 rings (SSSR count). The second-order valence-electron chi connectivity index (χ2n) is 5.85. The van der Waals surface area contributed by atoms with Gasteiger partial charge in [-0.1, -0.05) is 28.1 Å². The van der Waals surface area contributed by atoms with E-state index in [1.165, 1.54) is 19.4 Å². The van der Waals surface area contributed by atoms with Gasteiger partial charge in [-0.25, -0.2) is 4.39 Å². The molecular weight excluding hydrogens is 307 g/mol. The fourth-order valence-corrected chi connectivity index (χ4v) is 3.58. The van der Waals surface area contributed by atoms with Crippen molar-refractivity contribution >= 4 is 21.6 Å². The molecule has 2 fully saturated rings. The smallest absolute Gasteiger partial charge is 0.146 e. The Morgan fingerprint density at radius 1 is 1.11 bits per heavy atom. The van der Waals surface area contributed by atoms with Gasteiger partial charge >= 0.3 is 0 Å². The van der Waals surface area contributed by atoms with Crippen LogP contribution in [0, 0.1) is 11.2 Å². The number of anilines is 1. The number of halogens is 2. The summed E-state index contributed by atoms with van der Waals surface area (Å²) in [6.07, 6.45) is 2.71. The van der Waals surface area contributed by atoms with E-state index in [2.05, 4.69) is 25.7 Å². The number of hydrogen-bond acceptors (Lipinski definition) is 2. The number of para-hydroxylation sites is 1. The standard InChI is InChI=1S/C15H20BrFN2/c16-11-15(5-6-15)12-18-7-9-19(10-8-18)14-4-2-1-3-13(14)17/h1-4H,5-12H2. The third kappa shape index (κ3) is 2.95. The van der Waals surface area contributed by atoms with Crippen molar-refractivity contribution in [2.24, 2.45) is 5.41 Å². The molecule has 1 aliphatic heterocycles. The first kappa shape index (κ1) is 13.4. The summed E-state index contributed by atoms with van der Waals surface area (Å²) in [5, 5.41) is 1.12. The number of piperazine rings is 1. The van der Waals surface area contributed by atoms with Gasteiger partial charge in [0.2, 0.25) is 0 Å². The first-order chi connectivity index (χ1) is 9.22. The fraction of sp³-hybridized carbons (Fsp3) is 0.600. The molecule has 2 nitrogen and oxygen atoms in total. The summed E-state index contributed by atoms with van der Waals surface area (Å²) < 4.78 is 13.7. The lowest BCUT2D eigenvalue weighted by Gasteiger charge is -2.37. The van der Waals surface area contributed by atoms with Crippen LogP contribution in [-0.2, 0) is 0 Å². The van der Waals surface area contributed by atoms with Crippen LogP contribution in [-0.4, -0.2) is 43.0 Å². The van der Waals surface area contributed by atoms with Gasteiger partial charge in [-0.05, 0) is 30.4 Å². The van der Waals surface area contributed by atoms with E-state index < -0.39 is 0 Å². The predicted molar refractivity (Wildman–Crippen MR) is 80.5 cm³/mol. The molecule has 0 N–H and O–H groups in total. The van der Waals surface area contributed by atoms with Crippen LogP contribution in [0.3, 0.4) is 0 Å². The highest BCUT2D eigenvalue weighted by Crippen LogP contribution is 2.47. The lowest BCUT2D eigenvalue weighted by atomic mass is 10.1. The Hall–Kier alpha value is -0.610. The molecule has 0 unspecified atom stereocenters. The molecule has 1 heterocycles. The number of rotatable bonds is 4. The predicted octanol–water partition coefficient (Wildman–Crippen LogP) is 3.12. The van der Waals surface area contributed by atoms with Crippen molar-refractivity contribution in [3.05, 3.63) is 30.1 Å². The molecular formula is C15H20BrFN2. The lowest BCUT2D eigenvalue weighted by Crippen LogP contribution is -2.48. The van der Waals surface area contributed by atoms with E-state index >= 15 is 0 Å². The summed E-state index contributed by atoms with van der Waals surface area (Å²) in [5.74, 6) is -0.102. The summed E-state index contributed by atoms with van der Waals surface area (Å²) in [6, 6.07) is 7.09. The first-order valence-corrected chi connectivity index (χ1v) is 8.12. The molecule has 0 bridgehead atoms. The fourth-order valence-electron chi connectivity index (χ4n) is 2.84. The van der Waals surface area contributed by atoms with Crippen molar-refractivity contribution in [2.75, 3.05) is 43.0 Å². The second-order valence-corrected chi connectivity index (χ2v) is 6.41. The topological polar surface area (TPSA) is 6.48 Å². The summed E-state index contributed by atoms with van der Waals surface area (Å²) in [6.45, 7) is 5.15. The molecule has 0 atom stereocenters. The molecule has 1 saturated heterocycles. The van der Waals surface area contributed by atoms with Crippen LogP contribution in [0.25, 0.3) is 0 Å². The molecule has 0 radical (unpaired) electrons. The van der Waals surface area contributed by atoms with Gasteiger partial charge in [-0.15, -0.1) is 0 Å². The van der Waals surface area contributed by atoms with E-state index in [0.717, 1.165) is 37.2 Å². The van der Waals surface area contributed by atoms with Crippen LogP contribution >= 0.6 is 15.9 Å². The number of nitrogens with zero attached hydrogens (tertiary/aromatic N) is 2. The normalized spacial score (nSPS) is 22.5. The van der Waals surface area contributed by atoms with Crippen molar-refractivity contribution in [1.82, 2.24) is 4.90 Å². The van der Waals surface area contributed by atoms with Crippen LogP contribution in [0.5, 0.6) is 0 Å². The Bertz CT molecular complexity index is 440. The molecule has 19 heavy (non-hydrogen) atoms. The first-order valence-electron chi connectivity index (χ1n) is 7.00. The second kappa shape index (κ2) is 5.41. The minimum atomic E-state index is -0.102. The highest BCUT2D eigenvalue weighted by atomic mass is 79.9.